The number of fused-ring (bicyclic) bond motifs is 1. The molecule has 0 atom stereocenters. The Morgan fingerprint density at radius 1 is 1.45 bits per heavy atom. The number of nitrogens with one attached hydrogen (secondary N) is 1. The van der Waals surface area contributed by atoms with E-state index in [1.54, 1.807) is 6.92 Å². The third-order valence-corrected chi connectivity index (χ3v) is 2.80. The first-order valence-electron chi connectivity index (χ1n) is 6.13. The SMILES string of the molecule is C=CCn1c(=O)[nH]c2cc(C(=O)OCC)ccc2c1=O. The number of carbonyl (C=O) groups is 1. The molecule has 1 heterocycles. The van der Waals surface area contributed by atoms with Crippen LogP contribution in [0.4, 0.5) is 0 Å². The third kappa shape index (κ3) is 2.40. The van der Waals surface area contributed by atoms with E-state index in [-0.39, 0.29) is 18.7 Å². The van der Waals surface area contributed by atoms with Gasteiger partial charge in [0.05, 0.1) is 23.1 Å². The van der Waals surface area contributed by atoms with Crippen molar-refractivity contribution in [2.45, 2.75) is 13.5 Å². The van der Waals surface area contributed by atoms with Crippen LogP contribution in [0.5, 0.6) is 0 Å². The van der Waals surface area contributed by atoms with E-state index in [0.717, 1.165) is 4.57 Å². The van der Waals surface area contributed by atoms with Gasteiger partial charge in [-0.15, -0.1) is 6.58 Å². The summed E-state index contributed by atoms with van der Waals surface area (Å²) < 4.78 is 5.91. The summed E-state index contributed by atoms with van der Waals surface area (Å²) in [4.78, 5) is 38.1. The van der Waals surface area contributed by atoms with Crippen molar-refractivity contribution >= 4 is 16.9 Å². The van der Waals surface area contributed by atoms with Crippen LogP contribution in [-0.4, -0.2) is 22.1 Å². The molecule has 0 saturated carbocycles. The Balaban J connectivity index is 2.64. The van der Waals surface area contributed by atoms with Crippen molar-refractivity contribution in [1.82, 2.24) is 9.55 Å². The highest BCUT2D eigenvalue weighted by atomic mass is 16.5. The van der Waals surface area contributed by atoms with Crippen LogP contribution in [0.25, 0.3) is 10.9 Å². The first-order valence-corrected chi connectivity index (χ1v) is 6.13. The van der Waals surface area contributed by atoms with Crippen molar-refractivity contribution in [3.05, 3.63) is 57.3 Å². The lowest BCUT2D eigenvalue weighted by molar-refractivity contribution is 0.0526. The average Bonchev–Trinajstić information content (AvgIpc) is 2.43. The number of nitrogens with zero attached hydrogens (tertiary/aromatic N) is 1. The number of allylic oxidation sites excluding steroid dienone is 1. The van der Waals surface area contributed by atoms with Gasteiger partial charge in [-0.2, -0.15) is 0 Å². The Bertz CT molecular complexity index is 786. The van der Waals surface area contributed by atoms with Crippen molar-refractivity contribution < 1.29 is 9.53 Å². The van der Waals surface area contributed by atoms with Gasteiger partial charge in [-0.3, -0.25) is 9.36 Å². The van der Waals surface area contributed by atoms with Gasteiger partial charge in [0.2, 0.25) is 0 Å². The summed E-state index contributed by atoms with van der Waals surface area (Å²) in [7, 11) is 0. The number of H-pyrrole nitrogens is 1. The molecule has 1 aromatic carbocycles. The minimum Gasteiger partial charge on any atom is -0.462 e. The van der Waals surface area contributed by atoms with Crippen LogP contribution in [0.2, 0.25) is 0 Å². The summed E-state index contributed by atoms with van der Waals surface area (Å²) in [6.45, 7) is 5.59. The van der Waals surface area contributed by atoms with Gasteiger partial charge in [-0.1, -0.05) is 6.08 Å². The second kappa shape index (κ2) is 5.56. The number of ether oxygens (including phenoxy) is 1. The molecular formula is C14H14N2O4. The zero-order valence-electron chi connectivity index (χ0n) is 11.0. The van der Waals surface area contributed by atoms with Gasteiger partial charge >= 0.3 is 11.7 Å². The minimum atomic E-state index is -0.539. The molecule has 0 unspecified atom stereocenters. The Hall–Kier alpha value is -2.63. The van der Waals surface area contributed by atoms with E-state index >= 15 is 0 Å². The highest BCUT2D eigenvalue weighted by Crippen LogP contribution is 2.10. The van der Waals surface area contributed by atoms with Crippen LogP contribution >= 0.6 is 0 Å². The molecule has 2 rings (SSSR count). The normalized spacial score (nSPS) is 10.4. The van der Waals surface area contributed by atoms with Crippen LogP contribution in [0.15, 0.2) is 40.4 Å². The molecule has 0 aliphatic rings. The van der Waals surface area contributed by atoms with E-state index in [9.17, 15) is 14.4 Å². The lowest BCUT2D eigenvalue weighted by Gasteiger charge is -2.06. The Labute approximate surface area is 114 Å². The molecule has 0 saturated heterocycles. The fourth-order valence-electron chi connectivity index (χ4n) is 1.89. The minimum absolute atomic E-state index is 0.129. The highest BCUT2D eigenvalue weighted by Gasteiger charge is 2.11. The van der Waals surface area contributed by atoms with Crippen LogP contribution in [0.3, 0.4) is 0 Å². The molecule has 0 spiro atoms. The number of aromatic amines is 1. The lowest BCUT2D eigenvalue weighted by Crippen LogP contribution is -2.34. The number of carbonyl (C=O) groups excluding carboxylic acids is 1. The zero-order chi connectivity index (χ0) is 14.7. The van der Waals surface area contributed by atoms with Gasteiger partial charge < -0.3 is 9.72 Å². The fourth-order valence-corrected chi connectivity index (χ4v) is 1.89. The quantitative estimate of drug-likeness (QED) is 0.667. The standard InChI is InChI=1S/C14H14N2O4/c1-3-7-16-12(17)10-6-5-9(13(18)20-4-2)8-11(10)15-14(16)19/h3,5-6,8H,1,4,7H2,2H3,(H,15,19). The maximum absolute atomic E-state index is 12.1. The van der Waals surface area contributed by atoms with E-state index in [4.69, 9.17) is 4.74 Å². The maximum atomic E-state index is 12.1. The van der Waals surface area contributed by atoms with E-state index in [1.165, 1.54) is 24.3 Å². The molecule has 0 radical (unpaired) electrons. The smallest absolute Gasteiger partial charge is 0.338 e. The second-order valence-electron chi connectivity index (χ2n) is 4.12. The number of esters is 1. The predicted molar refractivity (Wildman–Crippen MR) is 75.0 cm³/mol. The molecule has 0 bridgehead atoms. The third-order valence-electron chi connectivity index (χ3n) is 2.80. The molecule has 6 nitrogen and oxygen atoms in total. The van der Waals surface area contributed by atoms with E-state index in [2.05, 4.69) is 11.6 Å². The zero-order valence-corrected chi connectivity index (χ0v) is 11.0. The van der Waals surface area contributed by atoms with Crippen molar-refractivity contribution in [2.24, 2.45) is 0 Å². The number of hydrogen-bond donors (Lipinski definition) is 1. The first-order chi connectivity index (χ1) is 9.58. The highest BCUT2D eigenvalue weighted by molar-refractivity contribution is 5.94. The van der Waals surface area contributed by atoms with Crippen LogP contribution in [-0.2, 0) is 11.3 Å². The number of hydrogen-bond acceptors (Lipinski definition) is 4. The molecule has 1 N–H and O–H groups in total. The van der Waals surface area contributed by atoms with Crippen molar-refractivity contribution in [1.29, 1.82) is 0 Å². The van der Waals surface area contributed by atoms with Crippen LogP contribution < -0.4 is 11.2 Å². The fraction of sp³-hybridized carbons (Fsp3) is 0.214. The number of rotatable bonds is 4. The molecule has 0 amide bonds. The Kier molecular flexibility index (Phi) is 3.84. The molecule has 1 aromatic heterocycles. The molecule has 6 heteroatoms. The van der Waals surface area contributed by atoms with Gasteiger partial charge in [0.25, 0.3) is 5.56 Å². The lowest BCUT2D eigenvalue weighted by atomic mass is 10.1. The number of aromatic nitrogens is 2. The molecule has 20 heavy (non-hydrogen) atoms. The summed E-state index contributed by atoms with van der Waals surface area (Å²) in [6, 6.07) is 4.44. The molecular weight excluding hydrogens is 260 g/mol. The van der Waals surface area contributed by atoms with Gasteiger partial charge in [-0.05, 0) is 25.1 Å². The Morgan fingerprint density at radius 2 is 2.20 bits per heavy atom. The Morgan fingerprint density at radius 3 is 2.85 bits per heavy atom. The van der Waals surface area contributed by atoms with E-state index < -0.39 is 17.2 Å². The largest absolute Gasteiger partial charge is 0.462 e. The summed E-state index contributed by atoms with van der Waals surface area (Å²) in [5.74, 6) is -0.495. The molecule has 0 fully saturated rings. The molecule has 0 aliphatic carbocycles. The summed E-state index contributed by atoms with van der Waals surface area (Å²) in [5.41, 5.74) is -0.357. The topological polar surface area (TPSA) is 81.2 Å². The van der Waals surface area contributed by atoms with Crippen LogP contribution in [0, 0.1) is 0 Å². The average molecular weight is 274 g/mol. The molecule has 0 aliphatic heterocycles. The van der Waals surface area contributed by atoms with Gasteiger partial charge in [0.15, 0.2) is 0 Å². The number of benzene rings is 1. The van der Waals surface area contributed by atoms with E-state index in [1.807, 2.05) is 0 Å². The van der Waals surface area contributed by atoms with Gasteiger partial charge in [0.1, 0.15) is 0 Å². The molecule has 104 valence electrons. The van der Waals surface area contributed by atoms with Gasteiger partial charge in [-0.25, -0.2) is 9.59 Å². The van der Waals surface area contributed by atoms with Crippen molar-refractivity contribution in [2.75, 3.05) is 6.61 Å². The predicted octanol–water partition coefficient (Wildman–Crippen LogP) is 1.05. The summed E-state index contributed by atoms with van der Waals surface area (Å²) in [6.07, 6.45) is 1.47. The molecule has 2 aromatic rings. The second-order valence-corrected chi connectivity index (χ2v) is 4.12. The van der Waals surface area contributed by atoms with Gasteiger partial charge in [0, 0.05) is 6.54 Å². The summed E-state index contributed by atoms with van der Waals surface area (Å²) in [5, 5.41) is 0.333. The van der Waals surface area contributed by atoms with Crippen LogP contribution in [0.1, 0.15) is 17.3 Å². The monoisotopic (exact) mass is 274 g/mol. The summed E-state index contributed by atoms with van der Waals surface area (Å²) >= 11 is 0. The first kappa shape index (κ1) is 13.8. The van der Waals surface area contributed by atoms with Crippen molar-refractivity contribution in [3.63, 3.8) is 0 Å². The van der Waals surface area contributed by atoms with E-state index in [0.29, 0.717) is 10.9 Å². The van der Waals surface area contributed by atoms with Crippen molar-refractivity contribution in [3.8, 4) is 0 Å². The maximum Gasteiger partial charge on any atom is 0.338 e.